The van der Waals surface area contributed by atoms with Gasteiger partial charge in [0.15, 0.2) is 0 Å². The zero-order valence-corrected chi connectivity index (χ0v) is 7.93. The van der Waals surface area contributed by atoms with Crippen LogP contribution in [0.15, 0.2) is 0 Å². The normalized spacial score (nSPS) is 6.00. The van der Waals surface area contributed by atoms with Crippen LogP contribution in [0.4, 0.5) is 0 Å². The molecule has 0 aliphatic rings. The van der Waals surface area contributed by atoms with Gasteiger partial charge in [-0.3, -0.25) is 0 Å². The SMILES string of the molecule is [Cu+2].[K+].[O-]P([O-])[O-]. The van der Waals surface area contributed by atoms with Gasteiger partial charge in [0.25, 0.3) is 0 Å². The van der Waals surface area contributed by atoms with Crippen LogP contribution in [0.25, 0.3) is 0 Å². The summed E-state index contributed by atoms with van der Waals surface area (Å²) in [5.74, 6) is 0. The van der Waals surface area contributed by atoms with Crippen LogP contribution in [-0.2, 0) is 17.1 Å². The Bertz CT molecular complexity index is 15.5. The Morgan fingerprint density at radius 3 is 1.00 bits per heavy atom. The van der Waals surface area contributed by atoms with E-state index in [2.05, 4.69) is 0 Å². The van der Waals surface area contributed by atoms with E-state index >= 15 is 0 Å². The maximum absolute atomic E-state index is 8.48. The Kier molecular flexibility index (Phi) is 27.5. The summed E-state index contributed by atoms with van der Waals surface area (Å²) in [7, 11) is -3.37. The van der Waals surface area contributed by atoms with Crippen molar-refractivity contribution in [3.05, 3.63) is 0 Å². The van der Waals surface area contributed by atoms with E-state index in [-0.39, 0.29) is 68.5 Å². The molecule has 1 radical (unpaired) electrons. The third-order valence-electron chi connectivity index (χ3n) is 0. The topological polar surface area (TPSA) is 69.2 Å². The Hall–Kier alpha value is 2.47. The quantitative estimate of drug-likeness (QED) is 0.276. The molecule has 0 saturated carbocycles. The zero-order valence-electron chi connectivity index (χ0n) is 2.97. The Labute approximate surface area is 90.0 Å². The van der Waals surface area contributed by atoms with Crippen LogP contribution in [0.3, 0.4) is 0 Å². The van der Waals surface area contributed by atoms with E-state index in [0.717, 1.165) is 0 Å². The molecule has 6 heavy (non-hydrogen) atoms. The minimum atomic E-state index is -3.37. The molecule has 0 aliphatic carbocycles. The molecule has 0 aliphatic heterocycles. The van der Waals surface area contributed by atoms with Crippen molar-refractivity contribution in [1.82, 2.24) is 0 Å². The monoisotopic (exact) mass is 181 g/mol. The van der Waals surface area contributed by atoms with Crippen LogP contribution in [0.2, 0.25) is 0 Å². The largest absolute Gasteiger partial charge is 2.00 e. The molecule has 0 N–H and O–H groups in total. The number of hydrogen-bond donors (Lipinski definition) is 0. The average molecular weight is 182 g/mol. The van der Waals surface area contributed by atoms with Crippen molar-refractivity contribution in [1.29, 1.82) is 0 Å². The van der Waals surface area contributed by atoms with Gasteiger partial charge in [-0.1, -0.05) is 0 Å². The molecule has 0 fully saturated rings. The molecule has 0 heterocycles. The predicted octanol–water partition coefficient (Wildman–Crippen LogP) is -5.70. The minimum absolute atomic E-state index is 0. The maximum Gasteiger partial charge on any atom is 2.00 e. The second kappa shape index (κ2) is 10.4. The molecule has 0 spiro atoms. The second-order valence-electron chi connectivity index (χ2n) is 0.224. The van der Waals surface area contributed by atoms with Gasteiger partial charge in [-0.2, -0.15) is 0 Å². The van der Waals surface area contributed by atoms with Gasteiger partial charge in [0, 0.05) is 0 Å². The fraction of sp³-hybridized carbons (Fsp3) is 0. The summed E-state index contributed by atoms with van der Waals surface area (Å²) < 4.78 is 0. The summed E-state index contributed by atoms with van der Waals surface area (Å²) in [4.78, 5) is 25.4. The Balaban J connectivity index is -0.0000000450. The molecule has 0 amide bonds. The molecule has 3 nitrogen and oxygen atoms in total. The van der Waals surface area contributed by atoms with Gasteiger partial charge in [-0.25, -0.2) is 0 Å². The molecular weight excluding hydrogens is 182 g/mol. The standard InChI is InChI=1S/Cu.K.O3P/c;;1-4(2)3/q+2;+1;-3. The van der Waals surface area contributed by atoms with Crippen LogP contribution in [0, 0.1) is 0 Å². The van der Waals surface area contributed by atoms with Gasteiger partial charge in [0.2, 0.25) is 0 Å². The summed E-state index contributed by atoms with van der Waals surface area (Å²) in [6.45, 7) is 0. The average Bonchev–Trinajstić information content (AvgIpc) is 0.811. The third-order valence-corrected chi connectivity index (χ3v) is 0. The molecule has 35 valence electrons. The van der Waals surface area contributed by atoms with E-state index < -0.39 is 8.60 Å². The summed E-state index contributed by atoms with van der Waals surface area (Å²) in [6, 6.07) is 0. The first kappa shape index (κ1) is 15.8. The fourth-order valence-electron chi connectivity index (χ4n) is 0. The summed E-state index contributed by atoms with van der Waals surface area (Å²) >= 11 is 0. The Morgan fingerprint density at radius 2 is 1.00 bits per heavy atom. The van der Waals surface area contributed by atoms with Gasteiger partial charge in [0.05, 0.1) is 0 Å². The molecule has 0 aromatic rings. The summed E-state index contributed by atoms with van der Waals surface area (Å²) in [5.41, 5.74) is 0. The van der Waals surface area contributed by atoms with Crippen LogP contribution in [0.5, 0.6) is 0 Å². The summed E-state index contributed by atoms with van der Waals surface area (Å²) in [5, 5.41) is 0. The zero-order chi connectivity index (χ0) is 3.58. The molecule has 0 saturated heterocycles. The van der Waals surface area contributed by atoms with Crippen molar-refractivity contribution in [2.75, 3.05) is 0 Å². The van der Waals surface area contributed by atoms with Crippen molar-refractivity contribution in [3.8, 4) is 0 Å². The van der Waals surface area contributed by atoms with E-state index in [0.29, 0.717) is 0 Å². The molecule has 0 aromatic heterocycles. The van der Waals surface area contributed by atoms with Gasteiger partial charge in [-0.15, -0.1) is 0 Å². The van der Waals surface area contributed by atoms with Crippen molar-refractivity contribution in [2.45, 2.75) is 0 Å². The van der Waals surface area contributed by atoms with Crippen molar-refractivity contribution >= 4 is 8.60 Å². The van der Waals surface area contributed by atoms with Crippen LogP contribution in [0.1, 0.15) is 0 Å². The van der Waals surface area contributed by atoms with Gasteiger partial charge < -0.3 is 23.3 Å². The first-order chi connectivity index (χ1) is 1.73. The van der Waals surface area contributed by atoms with Crippen molar-refractivity contribution < 1.29 is 83.1 Å². The third kappa shape index (κ3) is 31.8. The van der Waals surface area contributed by atoms with E-state index in [1.165, 1.54) is 0 Å². The van der Waals surface area contributed by atoms with E-state index in [4.69, 9.17) is 14.7 Å². The second-order valence-corrected chi connectivity index (χ2v) is 0.671. The summed E-state index contributed by atoms with van der Waals surface area (Å²) in [6.07, 6.45) is 0. The molecule has 0 bridgehead atoms. The predicted molar refractivity (Wildman–Crippen MR) is 6.92 cm³/mol. The Morgan fingerprint density at radius 1 is 1.00 bits per heavy atom. The van der Waals surface area contributed by atoms with Crippen LogP contribution < -0.4 is 66.1 Å². The fourth-order valence-corrected chi connectivity index (χ4v) is 0. The molecule has 0 atom stereocenters. The van der Waals surface area contributed by atoms with Gasteiger partial charge in [-0.05, 0) is 0 Å². The van der Waals surface area contributed by atoms with E-state index in [9.17, 15) is 0 Å². The van der Waals surface area contributed by atoms with E-state index in [1.54, 1.807) is 0 Å². The first-order valence-electron chi connectivity index (χ1n) is 0.548. The van der Waals surface area contributed by atoms with Crippen LogP contribution in [-0.4, -0.2) is 0 Å². The molecular formula is CuKO3P. The molecule has 0 rings (SSSR count). The number of rotatable bonds is 0. The molecule has 0 aromatic carbocycles. The van der Waals surface area contributed by atoms with Crippen LogP contribution >= 0.6 is 8.60 Å². The van der Waals surface area contributed by atoms with Crippen molar-refractivity contribution in [2.24, 2.45) is 0 Å². The molecule has 6 heteroatoms. The number of hydrogen-bond acceptors (Lipinski definition) is 3. The smallest absolute Gasteiger partial charge is 0.854 e. The maximum atomic E-state index is 8.48. The van der Waals surface area contributed by atoms with Gasteiger partial charge >= 0.3 is 68.5 Å². The first-order valence-corrected chi connectivity index (χ1v) is 1.64. The van der Waals surface area contributed by atoms with Gasteiger partial charge in [0.1, 0.15) is 0 Å². The molecule has 0 unspecified atom stereocenters. The van der Waals surface area contributed by atoms with Crippen molar-refractivity contribution in [3.63, 3.8) is 0 Å². The minimum Gasteiger partial charge on any atom is -0.854 e. The van der Waals surface area contributed by atoms with E-state index in [1.807, 2.05) is 0 Å².